The van der Waals surface area contributed by atoms with E-state index in [-0.39, 0.29) is 11.1 Å². The molecule has 0 spiro atoms. The lowest BCUT2D eigenvalue weighted by atomic mass is 9.71. The zero-order valence-corrected chi connectivity index (χ0v) is 14.9. The molecule has 0 saturated heterocycles. The fourth-order valence-corrected chi connectivity index (χ4v) is 4.60. The van der Waals surface area contributed by atoms with E-state index in [0.717, 1.165) is 23.8 Å². The van der Waals surface area contributed by atoms with Crippen molar-refractivity contribution in [1.29, 1.82) is 0 Å². The van der Waals surface area contributed by atoms with Crippen molar-refractivity contribution in [1.82, 2.24) is 4.90 Å². The number of rotatable bonds is 2. The molecule has 0 aliphatic heterocycles. The molecular weight excluding hydrogens is 230 g/mol. The SMILES string of the molecule is CC(C)[C@H]1C[C@@H](N(C(C)(C)C)C(C)(C)C)CCC1C. The quantitative estimate of drug-likeness (QED) is 0.652. The lowest BCUT2D eigenvalue weighted by Gasteiger charge is -2.53. The topological polar surface area (TPSA) is 3.24 Å². The Morgan fingerprint density at radius 2 is 1.37 bits per heavy atom. The van der Waals surface area contributed by atoms with Gasteiger partial charge in [0.15, 0.2) is 0 Å². The summed E-state index contributed by atoms with van der Waals surface area (Å²) in [6.07, 6.45) is 4.16. The summed E-state index contributed by atoms with van der Waals surface area (Å²) in [5.41, 5.74) is 0.510. The van der Waals surface area contributed by atoms with Gasteiger partial charge in [-0.25, -0.2) is 0 Å². The van der Waals surface area contributed by atoms with Crippen molar-refractivity contribution in [3.05, 3.63) is 0 Å². The molecule has 1 fully saturated rings. The Balaban J connectivity index is 2.93. The monoisotopic (exact) mass is 267 g/mol. The molecule has 0 heterocycles. The maximum absolute atomic E-state index is 2.78. The van der Waals surface area contributed by atoms with Crippen molar-refractivity contribution in [2.24, 2.45) is 17.8 Å². The molecule has 0 aromatic heterocycles. The van der Waals surface area contributed by atoms with Crippen molar-refractivity contribution >= 4 is 0 Å². The summed E-state index contributed by atoms with van der Waals surface area (Å²) < 4.78 is 0. The van der Waals surface area contributed by atoms with E-state index in [1.165, 1.54) is 19.3 Å². The second-order valence-electron chi connectivity index (χ2n) is 9.06. The van der Waals surface area contributed by atoms with Gasteiger partial charge in [0.1, 0.15) is 0 Å². The van der Waals surface area contributed by atoms with Crippen molar-refractivity contribution in [3.8, 4) is 0 Å². The predicted molar refractivity (Wildman–Crippen MR) is 86.5 cm³/mol. The predicted octanol–water partition coefficient (Wildman–Crippen LogP) is 5.35. The van der Waals surface area contributed by atoms with E-state index in [9.17, 15) is 0 Å². The minimum absolute atomic E-state index is 0.255. The molecule has 1 aliphatic carbocycles. The van der Waals surface area contributed by atoms with E-state index in [1.54, 1.807) is 0 Å². The summed E-state index contributed by atoms with van der Waals surface area (Å²) in [6.45, 7) is 21.5. The number of hydrogen-bond donors (Lipinski definition) is 0. The molecule has 1 heteroatoms. The Labute approximate surface area is 122 Å². The van der Waals surface area contributed by atoms with Gasteiger partial charge in [-0.15, -0.1) is 0 Å². The molecule has 0 aromatic carbocycles. The Kier molecular flexibility index (Phi) is 5.15. The van der Waals surface area contributed by atoms with Crippen LogP contribution in [0.25, 0.3) is 0 Å². The molecule has 1 nitrogen and oxygen atoms in total. The van der Waals surface area contributed by atoms with Gasteiger partial charge in [0.05, 0.1) is 0 Å². The molecule has 1 saturated carbocycles. The maximum atomic E-state index is 2.78. The average Bonchev–Trinajstić information content (AvgIpc) is 2.16. The third-order valence-electron chi connectivity index (χ3n) is 4.90. The molecule has 1 aliphatic rings. The Hall–Kier alpha value is -0.0400. The minimum atomic E-state index is 0.255. The van der Waals surface area contributed by atoms with Crippen molar-refractivity contribution in [2.45, 2.75) is 98.7 Å². The molecule has 0 bridgehead atoms. The molecule has 19 heavy (non-hydrogen) atoms. The van der Waals surface area contributed by atoms with Crippen molar-refractivity contribution < 1.29 is 0 Å². The van der Waals surface area contributed by atoms with Crippen LogP contribution in [-0.2, 0) is 0 Å². The first-order chi connectivity index (χ1) is 8.44. The van der Waals surface area contributed by atoms with E-state index in [0.29, 0.717) is 0 Å². The molecule has 0 aromatic rings. The van der Waals surface area contributed by atoms with Crippen LogP contribution in [0.4, 0.5) is 0 Å². The fourth-order valence-electron chi connectivity index (χ4n) is 4.60. The van der Waals surface area contributed by atoms with Gasteiger partial charge in [0.2, 0.25) is 0 Å². The molecule has 1 rings (SSSR count). The molecule has 0 amide bonds. The molecule has 0 radical (unpaired) electrons. The van der Waals surface area contributed by atoms with Crippen LogP contribution < -0.4 is 0 Å². The Morgan fingerprint density at radius 1 is 0.895 bits per heavy atom. The van der Waals surface area contributed by atoms with Crippen LogP contribution in [0.2, 0.25) is 0 Å². The van der Waals surface area contributed by atoms with Gasteiger partial charge in [-0.3, -0.25) is 4.90 Å². The highest BCUT2D eigenvalue weighted by Gasteiger charge is 2.41. The molecule has 3 atom stereocenters. The molecular formula is C18H37N. The van der Waals surface area contributed by atoms with E-state index in [1.807, 2.05) is 0 Å². The van der Waals surface area contributed by atoms with Gasteiger partial charge in [0, 0.05) is 17.1 Å². The average molecular weight is 268 g/mol. The smallest absolute Gasteiger partial charge is 0.0133 e. The van der Waals surface area contributed by atoms with Crippen LogP contribution in [-0.4, -0.2) is 22.0 Å². The summed E-state index contributed by atoms with van der Waals surface area (Å²) in [5, 5.41) is 0. The Bertz CT molecular complexity index is 265. The van der Waals surface area contributed by atoms with Gasteiger partial charge in [-0.05, 0) is 78.6 Å². The van der Waals surface area contributed by atoms with Crippen LogP contribution in [0, 0.1) is 17.8 Å². The summed E-state index contributed by atoms with van der Waals surface area (Å²) in [7, 11) is 0. The summed E-state index contributed by atoms with van der Waals surface area (Å²) in [5.74, 6) is 2.61. The van der Waals surface area contributed by atoms with Gasteiger partial charge < -0.3 is 0 Å². The number of nitrogens with zero attached hydrogens (tertiary/aromatic N) is 1. The van der Waals surface area contributed by atoms with Crippen LogP contribution in [0.5, 0.6) is 0 Å². The maximum Gasteiger partial charge on any atom is 0.0133 e. The molecule has 1 unspecified atom stereocenters. The lowest BCUT2D eigenvalue weighted by molar-refractivity contribution is -0.0397. The zero-order valence-electron chi connectivity index (χ0n) is 14.9. The third kappa shape index (κ3) is 4.21. The van der Waals surface area contributed by atoms with E-state index >= 15 is 0 Å². The van der Waals surface area contributed by atoms with Crippen LogP contribution >= 0.6 is 0 Å². The van der Waals surface area contributed by atoms with Gasteiger partial charge in [0.25, 0.3) is 0 Å². The van der Waals surface area contributed by atoms with E-state index in [2.05, 4.69) is 67.2 Å². The molecule has 0 N–H and O–H groups in total. The fraction of sp³-hybridized carbons (Fsp3) is 1.00. The lowest BCUT2D eigenvalue weighted by Crippen LogP contribution is -2.59. The second kappa shape index (κ2) is 5.76. The molecule has 114 valence electrons. The highest BCUT2D eigenvalue weighted by molar-refractivity contribution is 4.95. The van der Waals surface area contributed by atoms with Gasteiger partial charge >= 0.3 is 0 Å². The van der Waals surface area contributed by atoms with Crippen molar-refractivity contribution in [3.63, 3.8) is 0 Å². The van der Waals surface area contributed by atoms with Crippen LogP contribution in [0.15, 0.2) is 0 Å². The minimum Gasteiger partial charge on any atom is -0.291 e. The normalized spacial score (nSPS) is 30.2. The highest BCUT2D eigenvalue weighted by atomic mass is 15.3. The Morgan fingerprint density at radius 3 is 1.74 bits per heavy atom. The van der Waals surface area contributed by atoms with Crippen LogP contribution in [0.3, 0.4) is 0 Å². The summed E-state index contributed by atoms with van der Waals surface area (Å²) in [4.78, 5) is 2.78. The largest absolute Gasteiger partial charge is 0.291 e. The standard InChI is InChI=1S/C18H37N/c1-13(2)16-12-15(11-10-14(16)3)19(17(4,5)6)18(7,8)9/h13-16H,10-12H2,1-9H3/t14?,15-,16+/m0/s1. The van der Waals surface area contributed by atoms with E-state index < -0.39 is 0 Å². The number of hydrogen-bond acceptors (Lipinski definition) is 1. The first-order valence-corrected chi connectivity index (χ1v) is 8.24. The summed E-state index contributed by atoms with van der Waals surface area (Å²) >= 11 is 0. The zero-order chi connectivity index (χ0) is 15.0. The first-order valence-electron chi connectivity index (χ1n) is 8.24. The second-order valence-corrected chi connectivity index (χ2v) is 9.06. The van der Waals surface area contributed by atoms with Crippen molar-refractivity contribution in [2.75, 3.05) is 0 Å². The third-order valence-corrected chi connectivity index (χ3v) is 4.90. The van der Waals surface area contributed by atoms with Crippen LogP contribution in [0.1, 0.15) is 81.6 Å². The van der Waals surface area contributed by atoms with E-state index in [4.69, 9.17) is 0 Å². The van der Waals surface area contributed by atoms with Gasteiger partial charge in [-0.1, -0.05) is 20.8 Å². The highest BCUT2D eigenvalue weighted by Crippen LogP contribution is 2.41. The van der Waals surface area contributed by atoms with Gasteiger partial charge in [-0.2, -0.15) is 0 Å². The first kappa shape index (κ1) is 17.0. The summed E-state index contributed by atoms with van der Waals surface area (Å²) in [6, 6.07) is 0.753.